The third-order valence-electron chi connectivity index (χ3n) is 5.47. The number of hydrogen-bond donors (Lipinski definition) is 1. The van der Waals surface area contributed by atoms with Crippen molar-refractivity contribution in [1.82, 2.24) is 19.3 Å². The molecule has 0 saturated carbocycles. The summed E-state index contributed by atoms with van der Waals surface area (Å²) in [5, 5.41) is 7.41. The van der Waals surface area contributed by atoms with Gasteiger partial charge in [-0.05, 0) is 50.1 Å². The van der Waals surface area contributed by atoms with Crippen LogP contribution in [0.4, 0.5) is 5.69 Å². The number of benzene rings is 2. The van der Waals surface area contributed by atoms with Gasteiger partial charge in [0.1, 0.15) is 5.82 Å². The number of rotatable bonds is 4. The fraction of sp³-hybridized carbons (Fsp3) is 0.208. The molecule has 0 bridgehead atoms. The van der Waals surface area contributed by atoms with E-state index < -0.39 is 0 Å². The molecule has 1 N–H and O–H groups in total. The lowest BCUT2D eigenvalue weighted by Gasteiger charge is -2.11. The monoisotopic (exact) mass is 397 g/mol. The van der Waals surface area contributed by atoms with Crippen molar-refractivity contribution in [3.05, 3.63) is 84.1 Å². The minimum atomic E-state index is -0.224. The second-order valence-electron chi connectivity index (χ2n) is 7.64. The minimum absolute atomic E-state index is 0.224. The van der Waals surface area contributed by atoms with Crippen LogP contribution in [0.25, 0.3) is 16.9 Å². The molecule has 0 fully saturated rings. The smallest absolute Gasteiger partial charge is 0.276 e. The van der Waals surface area contributed by atoms with E-state index >= 15 is 0 Å². The number of amides is 1. The van der Waals surface area contributed by atoms with Gasteiger partial charge < -0.3 is 9.88 Å². The lowest BCUT2D eigenvalue weighted by atomic mass is 10.1. The molecule has 150 valence electrons. The first-order valence-corrected chi connectivity index (χ1v) is 10.3. The van der Waals surface area contributed by atoms with Crippen molar-refractivity contribution in [2.45, 2.75) is 32.7 Å². The zero-order valence-corrected chi connectivity index (χ0v) is 16.9. The van der Waals surface area contributed by atoms with Gasteiger partial charge in [0.25, 0.3) is 5.91 Å². The van der Waals surface area contributed by atoms with E-state index in [1.807, 2.05) is 61.5 Å². The van der Waals surface area contributed by atoms with E-state index in [0.717, 1.165) is 47.1 Å². The molecule has 6 heteroatoms. The van der Waals surface area contributed by atoms with E-state index in [-0.39, 0.29) is 5.91 Å². The summed E-state index contributed by atoms with van der Waals surface area (Å²) in [7, 11) is 0. The number of aromatic nitrogens is 4. The summed E-state index contributed by atoms with van der Waals surface area (Å²) in [5.74, 6) is 0.941. The van der Waals surface area contributed by atoms with Crippen LogP contribution in [-0.4, -0.2) is 25.2 Å². The Kier molecular flexibility index (Phi) is 4.67. The molecule has 30 heavy (non-hydrogen) atoms. The number of aryl methyl sites for hydroxylation is 3. The first-order chi connectivity index (χ1) is 14.7. The van der Waals surface area contributed by atoms with E-state index in [9.17, 15) is 4.79 Å². The topological polar surface area (TPSA) is 64.7 Å². The van der Waals surface area contributed by atoms with Crippen LogP contribution in [0.3, 0.4) is 0 Å². The standard InChI is InChI=1S/C24H23N5O/c1-17-15-21(27-29(17)20-7-3-2-4-8-20)24(30)25-19-12-10-18(11-13-19)22-16-28-14-6-5-9-23(28)26-22/h2-4,7-8,10-13,15-16H,5-6,9,14H2,1H3,(H,25,30). The lowest BCUT2D eigenvalue weighted by molar-refractivity contribution is 0.102. The van der Waals surface area contributed by atoms with Gasteiger partial charge in [-0.25, -0.2) is 9.67 Å². The number of fused-ring (bicyclic) bond motifs is 1. The summed E-state index contributed by atoms with van der Waals surface area (Å²) >= 11 is 0. The van der Waals surface area contributed by atoms with Crippen LogP contribution in [0, 0.1) is 6.92 Å². The van der Waals surface area contributed by atoms with Gasteiger partial charge in [0.05, 0.1) is 11.4 Å². The second kappa shape index (κ2) is 7.63. The van der Waals surface area contributed by atoms with E-state index in [0.29, 0.717) is 5.69 Å². The van der Waals surface area contributed by atoms with Crippen molar-refractivity contribution in [2.75, 3.05) is 5.32 Å². The summed E-state index contributed by atoms with van der Waals surface area (Å²) in [6.07, 6.45) is 5.60. The van der Waals surface area contributed by atoms with Gasteiger partial charge in [-0.2, -0.15) is 5.10 Å². The van der Waals surface area contributed by atoms with E-state index in [4.69, 9.17) is 4.98 Å². The number of nitrogens with one attached hydrogen (secondary N) is 1. The maximum atomic E-state index is 12.7. The summed E-state index contributed by atoms with van der Waals surface area (Å²) < 4.78 is 4.03. The molecule has 0 aliphatic carbocycles. The van der Waals surface area contributed by atoms with E-state index in [1.54, 1.807) is 10.7 Å². The number of nitrogens with zero attached hydrogens (tertiary/aromatic N) is 4. The van der Waals surface area contributed by atoms with Crippen molar-refractivity contribution < 1.29 is 4.79 Å². The number of imidazole rings is 1. The zero-order chi connectivity index (χ0) is 20.5. The quantitative estimate of drug-likeness (QED) is 0.546. The molecule has 0 atom stereocenters. The largest absolute Gasteiger partial charge is 0.334 e. The van der Waals surface area contributed by atoms with Crippen molar-refractivity contribution >= 4 is 11.6 Å². The molecule has 1 amide bonds. The van der Waals surface area contributed by atoms with Gasteiger partial charge >= 0.3 is 0 Å². The molecule has 1 aliphatic heterocycles. The van der Waals surface area contributed by atoms with Crippen molar-refractivity contribution in [3.8, 4) is 16.9 Å². The maximum Gasteiger partial charge on any atom is 0.276 e. The zero-order valence-electron chi connectivity index (χ0n) is 16.9. The van der Waals surface area contributed by atoms with Gasteiger partial charge in [-0.3, -0.25) is 4.79 Å². The molecule has 4 aromatic rings. The lowest BCUT2D eigenvalue weighted by Crippen LogP contribution is -2.13. The summed E-state index contributed by atoms with van der Waals surface area (Å²) in [6.45, 7) is 2.99. The first kappa shape index (κ1) is 18.4. The number of carbonyl (C=O) groups is 1. The average Bonchev–Trinajstić information content (AvgIpc) is 3.38. The van der Waals surface area contributed by atoms with Crippen molar-refractivity contribution in [1.29, 1.82) is 0 Å². The predicted molar refractivity (Wildman–Crippen MR) is 117 cm³/mol. The van der Waals surface area contributed by atoms with E-state index in [2.05, 4.69) is 21.2 Å². The molecule has 0 unspecified atom stereocenters. The highest BCUT2D eigenvalue weighted by Gasteiger charge is 2.15. The Morgan fingerprint density at radius 2 is 1.83 bits per heavy atom. The van der Waals surface area contributed by atoms with Gasteiger partial charge in [0.2, 0.25) is 0 Å². The molecule has 3 heterocycles. The average molecular weight is 397 g/mol. The molecule has 2 aromatic carbocycles. The number of carbonyl (C=O) groups excluding carboxylic acids is 1. The highest BCUT2D eigenvalue weighted by atomic mass is 16.1. The van der Waals surface area contributed by atoms with E-state index in [1.165, 1.54) is 12.8 Å². The van der Waals surface area contributed by atoms with Crippen LogP contribution in [0.15, 0.2) is 66.9 Å². The summed E-state index contributed by atoms with van der Waals surface area (Å²) in [5.41, 5.74) is 5.01. The van der Waals surface area contributed by atoms with Gasteiger partial charge in [-0.15, -0.1) is 0 Å². The number of hydrogen-bond acceptors (Lipinski definition) is 3. The molecular weight excluding hydrogens is 374 g/mol. The Labute approximate surface area is 175 Å². The van der Waals surface area contributed by atoms with Crippen LogP contribution in [0.2, 0.25) is 0 Å². The Balaban J connectivity index is 1.31. The van der Waals surface area contributed by atoms with Crippen LogP contribution in [-0.2, 0) is 13.0 Å². The first-order valence-electron chi connectivity index (χ1n) is 10.3. The SMILES string of the molecule is Cc1cc(C(=O)Nc2ccc(-c3cn4c(n3)CCCC4)cc2)nn1-c1ccccc1. The summed E-state index contributed by atoms with van der Waals surface area (Å²) in [4.78, 5) is 17.5. The molecule has 1 aliphatic rings. The Morgan fingerprint density at radius 1 is 1.03 bits per heavy atom. The van der Waals surface area contributed by atoms with Crippen LogP contribution in [0.1, 0.15) is 34.8 Å². The third kappa shape index (κ3) is 3.52. The molecule has 2 aromatic heterocycles. The molecule has 0 saturated heterocycles. The predicted octanol–water partition coefficient (Wildman–Crippen LogP) is 4.63. The molecule has 0 radical (unpaired) electrons. The van der Waals surface area contributed by atoms with Gasteiger partial charge in [0, 0.05) is 36.1 Å². The molecule has 0 spiro atoms. The van der Waals surface area contributed by atoms with Crippen LogP contribution >= 0.6 is 0 Å². The third-order valence-corrected chi connectivity index (χ3v) is 5.47. The molecule has 5 rings (SSSR count). The minimum Gasteiger partial charge on any atom is -0.334 e. The highest BCUT2D eigenvalue weighted by molar-refractivity contribution is 6.03. The Bertz CT molecular complexity index is 1160. The fourth-order valence-electron chi connectivity index (χ4n) is 3.89. The Morgan fingerprint density at radius 3 is 2.60 bits per heavy atom. The summed E-state index contributed by atoms with van der Waals surface area (Å²) in [6, 6.07) is 19.4. The fourth-order valence-corrected chi connectivity index (χ4v) is 3.89. The number of anilines is 1. The normalized spacial score (nSPS) is 13.1. The van der Waals surface area contributed by atoms with Crippen LogP contribution < -0.4 is 5.32 Å². The maximum absolute atomic E-state index is 12.7. The van der Waals surface area contributed by atoms with Crippen molar-refractivity contribution in [3.63, 3.8) is 0 Å². The number of para-hydroxylation sites is 1. The van der Waals surface area contributed by atoms with Crippen LogP contribution in [0.5, 0.6) is 0 Å². The highest BCUT2D eigenvalue weighted by Crippen LogP contribution is 2.24. The van der Waals surface area contributed by atoms with Gasteiger partial charge in [-0.1, -0.05) is 30.3 Å². The Hall–Kier alpha value is -3.67. The molecule has 6 nitrogen and oxygen atoms in total. The molecular formula is C24H23N5O. The second-order valence-corrected chi connectivity index (χ2v) is 7.64. The van der Waals surface area contributed by atoms with Gasteiger partial charge in [0.15, 0.2) is 5.69 Å². The van der Waals surface area contributed by atoms with Crippen molar-refractivity contribution in [2.24, 2.45) is 0 Å².